The van der Waals surface area contributed by atoms with E-state index in [0.717, 1.165) is 62.3 Å². The Morgan fingerprint density at radius 2 is 1.50 bits per heavy atom. The Morgan fingerprint density at radius 1 is 0.885 bits per heavy atom. The van der Waals surface area contributed by atoms with Crippen LogP contribution in [-0.2, 0) is 27.2 Å². The molecule has 6 rings (SSSR count). The smallest absolute Gasteiger partial charge is 0.410 e. The number of phenols is 1. The maximum absolute atomic E-state index is 14.1. The molecule has 4 heterocycles. The van der Waals surface area contributed by atoms with Gasteiger partial charge < -0.3 is 29.9 Å². The number of piperazine rings is 1. The van der Waals surface area contributed by atoms with Crippen molar-refractivity contribution in [3.05, 3.63) is 58.7 Å². The van der Waals surface area contributed by atoms with Crippen molar-refractivity contribution in [2.24, 2.45) is 0 Å². The number of amides is 5. The molecule has 0 unspecified atom stereocenters. The third-order valence-corrected chi connectivity index (χ3v) is 11.2. The molecule has 0 aliphatic carbocycles. The molecule has 3 fully saturated rings. The van der Waals surface area contributed by atoms with Gasteiger partial charge in [0.2, 0.25) is 0 Å². The molecule has 5 amide bonds. The Kier molecular flexibility index (Phi) is 11.9. The molecule has 2 aromatic carbocycles. The fraction of sp³-hybridized carbons (Fsp3) is 0.579. The number of hydrogen-bond donors (Lipinski definition) is 3. The molecule has 4 aliphatic heterocycles. The van der Waals surface area contributed by atoms with Gasteiger partial charge in [-0.25, -0.2) is 14.7 Å². The number of para-hydroxylation sites is 1. The maximum atomic E-state index is 14.1. The number of carbonyl (C=O) groups excluding carboxylic acids is 4. The zero-order valence-electron chi connectivity index (χ0n) is 30.6. The summed E-state index contributed by atoms with van der Waals surface area (Å²) < 4.78 is 6.06. The van der Waals surface area contributed by atoms with Crippen LogP contribution in [0.2, 0.25) is 0 Å². The first kappa shape index (κ1) is 37.4. The van der Waals surface area contributed by atoms with Crippen molar-refractivity contribution in [3.63, 3.8) is 0 Å². The minimum Gasteiger partial charge on any atom is -0.507 e. The van der Waals surface area contributed by atoms with E-state index in [1.54, 1.807) is 4.90 Å². The van der Waals surface area contributed by atoms with E-state index in [4.69, 9.17) is 4.74 Å². The summed E-state index contributed by atoms with van der Waals surface area (Å²) in [6.45, 7) is 9.46. The van der Waals surface area contributed by atoms with Crippen LogP contribution in [0.25, 0.3) is 0 Å². The number of aromatic hydroxyl groups is 1. The Bertz CT molecular complexity index is 1590. The summed E-state index contributed by atoms with van der Waals surface area (Å²) in [5, 5.41) is 23.4. The third-order valence-electron chi connectivity index (χ3n) is 11.2. The molecule has 0 saturated carbocycles. The van der Waals surface area contributed by atoms with Crippen molar-refractivity contribution in [1.29, 1.82) is 0 Å². The van der Waals surface area contributed by atoms with Gasteiger partial charge in [0, 0.05) is 90.1 Å². The number of nitrogens with zero attached hydrogens (tertiary/aromatic N) is 6. The molecule has 52 heavy (non-hydrogen) atoms. The Morgan fingerprint density at radius 3 is 2.15 bits per heavy atom. The number of anilines is 1. The number of aryl methyl sites for hydroxylation is 2. The number of phenolic OH excluding ortho intramolecular Hbond substituents is 1. The molecule has 14 heteroatoms. The number of likely N-dealkylation sites (N-methyl/N-ethyl adjacent to an activating group) is 1. The summed E-state index contributed by atoms with van der Waals surface area (Å²) in [5.74, 6) is -0.336. The van der Waals surface area contributed by atoms with Crippen LogP contribution >= 0.6 is 0 Å². The molecule has 4 aliphatic rings. The van der Waals surface area contributed by atoms with E-state index >= 15 is 0 Å². The number of likely N-dealkylation sites (tertiary alicyclic amines) is 2. The number of urea groups is 1. The van der Waals surface area contributed by atoms with Crippen molar-refractivity contribution < 1.29 is 34.2 Å². The fourth-order valence-corrected chi connectivity index (χ4v) is 8.09. The molecule has 1 atom stereocenters. The van der Waals surface area contributed by atoms with E-state index in [1.807, 2.05) is 64.9 Å². The van der Waals surface area contributed by atoms with E-state index < -0.39 is 12.2 Å². The average Bonchev–Trinajstić information content (AvgIpc) is 3.31. The monoisotopic (exact) mass is 719 g/mol. The van der Waals surface area contributed by atoms with Gasteiger partial charge in [-0.2, -0.15) is 0 Å². The molecule has 0 bridgehead atoms. The van der Waals surface area contributed by atoms with Gasteiger partial charge >= 0.3 is 12.1 Å². The SMILES string of the molecule is Cc1cc(C[C@@H](OC(=O)N2CCC(N3CCc4ccccc4NC3=O)CC2)C(=O)N2CCC(N3CCN(CC(=O)N(C)O)CC3)CC2)cc(C)c1O. The van der Waals surface area contributed by atoms with Gasteiger partial charge in [-0.3, -0.25) is 24.6 Å². The second-order valence-corrected chi connectivity index (χ2v) is 14.7. The molecule has 3 saturated heterocycles. The number of carbonyl (C=O) groups is 4. The predicted molar refractivity (Wildman–Crippen MR) is 194 cm³/mol. The summed E-state index contributed by atoms with van der Waals surface area (Å²) in [6.07, 6.45) is 2.23. The lowest BCUT2D eigenvalue weighted by atomic mass is 9.98. The second-order valence-electron chi connectivity index (χ2n) is 14.7. The van der Waals surface area contributed by atoms with Crippen LogP contribution in [0.15, 0.2) is 36.4 Å². The lowest BCUT2D eigenvalue weighted by molar-refractivity contribution is -0.161. The Balaban J connectivity index is 1.05. The van der Waals surface area contributed by atoms with Crippen molar-refractivity contribution in [1.82, 2.24) is 29.6 Å². The summed E-state index contributed by atoms with van der Waals surface area (Å²) in [7, 11) is 1.34. The van der Waals surface area contributed by atoms with Crippen LogP contribution in [0.3, 0.4) is 0 Å². The first-order chi connectivity index (χ1) is 25.0. The molecule has 2 aromatic rings. The van der Waals surface area contributed by atoms with E-state index in [1.165, 1.54) is 7.05 Å². The minimum atomic E-state index is -1.02. The average molecular weight is 720 g/mol. The lowest BCUT2D eigenvalue weighted by Crippen LogP contribution is -2.56. The first-order valence-corrected chi connectivity index (χ1v) is 18.6. The van der Waals surface area contributed by atoms with Crippen LogP contribution in [0.1, 0.15) is 47.9 Å². The van der Waals surface area contributed by atoms with Gasteiger partial charge in [-0.15, -0.1) is 0 Å². The normalized spacial score (nSPS) is 20.2. The number of benzene rings is 2. The molecule has 0 aromatic heterocycles. The van der Waals surface area contributed by atoms with Gasteiger partial charge in [-0.05, 0) is 74.3 Å². The molecule has 3 N–H and O–H groups in total. The molecule has 0 radical (unpaired) electrons. The van der Waals surface area contributed by atoms with Crippen molar-refractivity contribution in [2.45, 2.75) is 70.6 Å². The van der Waals surface area contributed by atoms with Crippen LogP contribution < -0.4 is 5.32 Å². The van der Waals surface area contributed by atoms with E-state index in [-0.39, 0.29) is 42.6 Å². The Labute approximate surface area is 305 Å². The van der Waals surface area contributed by atoms with E-state index in [9.17, 15) is 29.5 Å². The zero-order valence-corrected chi connectivity index (χ0v) is 30.6. The number of hydroxylamine groups is 2. The van der Waals surface area contributed by atoms with Gasteiger partial charge in [0.15, 0.2) is 6.10 Å². The number of fused-ring (bicyclic) bond motifs is 1. The summed E-state index contributed by atoms with van der Waals surface area (Å²) >= 11 is 0. The number of ether oxygens (including phenoxy) is 1. The first-order valence-electron chi connectivity index (χ1n) is 18.6. The van der Waals surface area contributed by atoms with Crippen molar-refractivity contribution in [2.75, 3.05) is 77.8 Å². The standard InChI is InChI=1S/C38H53N7O7/c1-26-22-28(23-27(2)35(26)47)24-33(36(48)43-13-9-30(10-14-43)42-20-18-41(19-21-42)25-34(46)40(3)51)52-38(50)44-15-11-31(12-16-44)45-17-8-29-6-4-5-7-32(29)39-37(45)49/h4-7,22-23,30-31,33,47,51H,8-21,24-25H2,1-3H3,(H,39,49)/t33-/m1/s1. The third kappa shape index (κ3) is 8.79. The summed E-state index contributed by atoms with van der Waals surface area (Å²) in [6, 6.07) is 11.7. The van der Waals surface area contributed by atoms with Crippen molar-refractivity contribution >= 4 is 29.6 Å². The highest BCUT2D eigenvalue weighted by Crippen LogP contribution is 2.27. The predicted octanol–water partition coefficient (Wildman–Crippen LogP) is 3.07. The zero-order chi connectivity index (χ0) is 36.9. The fourth-order valence-electron chi connectivity index (χ4n) is 8.09. The largest absolute Gasteiger partial charge is 0.507 e. The van der Waals surface area contributed by atoms with E-state index in [2.05, 4.69) is 10.2 Å². The number of hydrogen-bond acceptors (Lipinski definition) is 9. The lowest BCUT2D eigenvalue weighted by Gasteiger charge is -2.43. The quantitative estimate of drug-likeness (QED) is 0.277. The number of rotatable bonds is 8. The highest BCUT2D eigenvalue weighted by atomic mass is 16.6. The molecule has 14 nitrogen and oxygen atoms in total. The van der Waals surface area contributed by atoms with E-state index in [0.29, 0.717) is 67.8 Å². The number of nitrogens with one attached hydrogen (secondary N) is 1. The van der Waals surface area contributed by atoms with Crippen LogP contribution in [0.4, 0.5) is 15.3 Å². The summed E-state index contributed by atoms with van der Waals surface area (Å²) in [5.41, 5.74) is 4.16. The number of piperidine rings is 2. The minimum absolute atomic E-state index is 0.00672. The van der Waals surface area contributed by atoms with Crippen LogP contribution in [0, 0.1) is 13.8 Å². The molecular weight excluding hydrogens is 666 g/mol. The highest BCUT2D eigenvalue weighted by molar-refractivity contribution is 5.91. The van der Waals surface area contributed by atoms with Gasteiger partial charge in [0.05, 0.1) is 6.54 Å². The van der Waals surface area contributed by atoms with Crippen LogP contribution in [-0.4, -0.2) is 154 Å². The molecular formula is C38H53N7O7. The maximum Gasteiger partial charge on any atom is 0.410 e. The molecule has 0 spiro atoms. The molecule has 282 valence electrons. The van der Waals surface area contributed by atoms with Gasteiger partial charge in [-0.1, -0.05) is 30.3 Å². The van der Waals surface area contributed by atoms with Gasteiger partial charge in [0.1, 0.15) is 5.75 Å². The topological polar surface area (TPSA) is 149 Å². The van der Waals surface area contributed by atoms with Crippen LogP contribution in [0.5, 0.6) is 5.75 Å². The van der Waals surface area contributed by atoms with Gasteiger partial charge in [0.25, 0.3) is 11.8 Å². The van der Waals surface area contributed by atoms with Crippen molar-refractivity contribution in [3.8, 4) is 5.75 Å². The Hall–Kier alpha value is -4.40. The second kappa shape index (κ2) is 16.5. The summed E-state index contributed by atoms with van der Waals surface area (Å²) in [4.78, 5) is 62.6. The highest BCUT2D eigenvalue weighted by Gasteiger charge is 2.37.